The summed E-state index contributed by atoms with van der Waals surface area (Å²) in [7, 11) is -6.01. The number of aliphatic imine (C=N–C) groups is 1. The van der Waals surface area contributed by atoms with Gasteiger partial charge in [0.15, 0.2) is 36.3 Å². The molecule has 9 heterocycles. The molecule has 0 amide bonds. The van der Waals surface area contributed by atoms with Crippen molar-refractivity contribution >= 4 is 174 Å². The molecule has 11 rings (SSSR count). The fraction of sp³-hybridized carbons (Fsp3) is 0.608. The van der Waals surface area contributed by atoms with E-state index in [1.807, 2.05) is 85.1 Å². The Morgan fingerprint density at radius 2 is 1.12 bits per heavy atom. The fourth-order valence-corrected chi connectivity index (χ4v) is 18.5. The molecular weight excluding hydrogens is 1800 g/mol. The number of nitrogens with zero attached hydrogens (tertiary/aromatic N) is 10. The molecular formula is C74H108Cl4I2N14O15Si3. The van der Waals surface area contributed by atoms with Crippen molar-refractivity contribution in [2.45, 2.75) is 256 Å². The normalized spacial score (nSPS) is 22.4. The van der Waals surface area contributed by atoms with Crippen LogP contribution in [0.4, 0.5) is 29.1 Å². The first-order valence-electron chi connectivity index (χ1n) is 37.2. The zero-order chi connectivity index (χ0) is 83.1. The first-order valence-corrected chi connectivity index (χ1v) is 49.9. The monoisotopic (exact) mass is 1910 g/mol. The summed E-state index contributed by atoms with van der Waals surface area (Å²) in [6.45, 7) is 41.9. The van der Waals surface area contributed by atoms with Gasteiger partial charge in [0, 0.05) is 79.7 Å². The number of benzene rings is 2. The number of guanidine groups is 1. The highest BCUT2D eigenvalue weighted by Gasteiger charge is 2.48. The van der Waals surface area contributed by atoms with Crippen molar-refractivity contribution in [3.05, 3.63) is 126 Å². The largest absolute Gasteiger partial charge is 0.414 e. The Morgan fingerprint density at radius 3 is 1.59 bits per heavy atom. The number of aromatic nitrogens is 7. The summed E-state index contributed by atoms with van der Waals surface area (Å²) < 4.78 is 51.7. The number of aliphatic hydroxyl groups is 4. The van der Waals surface area contributed by atoms with Crippen molar-refractivity contribution in [2.75, 3.05) is 35.9 Å². The topological polar surface area (TPSA) is 387 Å². The molecule has 0 bridgehead atoms. The Labute approximate surface area is 704 Å². The van der Waals surface area contributed by atoms with Crippen LogP contribution < -0.4 is 21.8 Å². The van der Waals surface area contributed by atoms with E-state index >= 15 is 0 Å². The third-order valence-corrected chi connectivity index (χ3v) is 38.4. The minimum absolute atomic E-state index is 0.00411. The van der Waals surface area contributed by atoms with Crippen LogP contribution in [0.25, 0.3) is 22.1 Å². The van der Waals surface area contributed by atoms with Crippen LogP contribution in [0.3, 0.4) is 0 Å². The molecule has 4 aliphatic heterocycles. The van der Waals surface area contributed by atoms with E-state index in [4.69, 9.17) is 95.4 Å². The van der Waals surface area contributed by atoms with E-state index in [2.05, 4.69) is 136 Å². The van der Waals surface area contributed by atoms with Gasteiger partial charge in [0.1, 0.15) is 64.4 Å². The number of rotatable bonds is 25. The molecule has 12 atom stereocenters. The van der Waals surface area contributed by atoms with Gasteiger partial charge in [-0.3, -0.25) is 20.2 Å². The molecule has 29 nitrogen and oxygen atoms in total. The summed E-state index contributed by atoms with van der Waals surface area (Å²) in [5, 5.41) is 67.9. The van der Waals surface area contributed by atoms with Gasteiger partial charge in [-0.2, -0.15) is 9.97 Å². The van der Waals surface area contributed by atoms with E-state index in [0.717, 1.165) is 23.7 Å². The van der Waals surface area contributed by atoms with Crippen LogP contribution in [-0.4, -0.2) is 151 Å². The maximum absolute atomic E-state index is 11.7. The summed E-state index contributed by atoms with van der Waals surface area (Å²) in [6, 6.07) is 10.1. The molecule has 1 unspecified atom stereocenters. The molecule has 5 aromatic heterocycles. The third kappa shape index (κ3) is 20.6. The standard InChI is InChI=1S/C30H56Cl2N4O3Si3.C22H27ClIN5O6.C22H25ClIN5O6/c1-28(2,3)40(10,11)35-27-33-25(32)24-20(17-31)18-36(26(24)34-27)23-16-21(39-42(14,15)30(7,8)9)22(38-23)19-37-41(12,13)29(4,5)6;2*1-10(2)19(13-4-3-12(24)5-14(13)29(32)33)34-9-11-7-28(17-6-15(31)16(8-30)35-17)21-18(11)20(23)26-22(25)27-21/h18,21-23H,16-17,19H2,1-15H3,(H,33,34,35);3-5,7,10,15-17,19-20,30-31H,6,8-9H2,1-2H3,(H3,25,26,27);3-5,7,10,15-17,19,30-31H,6,8-9H2,1-2H3,(H2,25,26,27)/t21-,22-,23-;15-,16-,17-,19-,20?;15-,16-,17-,19-/m111/s1. The molecule has 0 spiro atoms. The number of nitro groups is 2. The molecule has 0 radical (unpaired) electrons. The number of anilines is 3. The van der Waals surface area contributed by atoms with E-state index in [0.29, 0.717) is 74.7 Å². The van der Waals surface area contributed by atoms with Crippen LogP contribution in [0.5, 0.6) is 0 Å². The molecule has 10 N–H and O–H groups in total. The lowest BCUT2D eigenvalue weighted by Crippen LogP contribution is -2.48. The lowest BCUT2D eigenvalue weighted by molar-refractivity contribution is -0.386. The molecule has 38 heteroatoms. The zero-order valence-electron chi connectivity index (χ0n) is 66.8. The number of hydrogen-bond donors (Lipinski definition) is 8. The number of nitrogens with one attached hydrogen (secondary N) is 2. The Hall–Kier alpha value is -4.54. The number of hydrogen-bond acceptors (Lipinski definition) is 24. The molecule has 0 aliphatic carbocycles. The van der Waals surface area contributed by atoms with E-state index in [-0.39, 0.29) is 113 Å². The first-order chi connectivity index (χ1) is 52.0. The van der Waals surface area contributed by atoms with Gasteiger partial charge in [-0.1, -0.05) is 138 Å². The van der Waals surface area contributed by atoms with E-state index < -0.39 is 89.3 Å². The zero-order valence-corrected chi connectivity index (χ0v) is 77.2. The average molecular weight is 1910 g/mol. The molecule has 2 aromatic carbocycles. The summed E-state index contributed by atoms with van der Waals surface area (Å²) >= 11 is 30.3. The second kappa shape index (κ2) is 36.4. The van der Waals surface area contributed by atoms with Crippen molar-refractivity contribution in [3.8, 4) is 0 Å². The third-order valence-electron chi connectivity index (χ3n) is 22.4. The number of ether oxygens (including phenoxy) is 5. The van der Waals surface area contributed by atoms with Crippen LogP contribution in [0.1, 0.15) is 179 Å². The number of nitro benzene ring substituents is 2. The summed E-state index contributed by atoms with van der Waals surface area (Å²) in [5.41, 5.74) is 15.9. The highest BCUT2D eigenvalue weighted by molar-refractivity contribution is 14.1. The second-order valence-electron chi connectivity index (χ2n) is 34.1. The minimum atomic E-state index is -2.08. The number of aliphatic hydroxyl groups excluding tert-OH is 4. The van der Waals surface area contributed by atoms with Crippen LogP contribution in [0.15, 0.2) is 60.0 Å². The highest BCUT2D eigenvalue weighted by Crippen LogP contribution is 2.48. The lowest BCUT2D eigenvalue weighted by Gasteiger charge is -2.40. The summed E-state index contributed by atoms with van der Waals surface area (Å²) in [4.78, 5) is 48.5. The van der Waals surface area contributed by atoms with Gasteiger partial charge in [-0.15, -0.1) is 11.6 Å². The van der Waals surface area contributed by atoms with Gasteiger partial charge < -0.3 is 88.4 Å². The smallest absolute Gasteiger partial charge is 0.276 e. The van der Waals surface area contributed by atoms with Gasteiger partial charge >= 0.3 is 0 Å². The maximum atomic E-state index is 11.7. The highest BCUT2D eigenvalue weighted by atomic mass is 127. The minimum Gasteiger partial charge on any atom is -0.414 e. The lowest BCUT2D eigenvalue weighted by atomic mass is 9.97. The van der Waals surface area contributed by atoms with Crippen molar-refractivity contribution in [2.24, 2.45) is 22.6 Å². The van der Waals surface area contributed by atoms with E-state index in [1.54, 1.807) is 39.7 Å². The number of halogens is 6. The Bertz CT molecular complexity index is 4560. The Kier molecular flexibility index (Phi) is 29.7. The van der Waals surface area contributed by atoms with E-state index in [1.165, 1.54) is 12.1 Å². The number of nitrogens with two attached hydrogens (primary N) is 2. The van der Waals surface area contributed by atoms with Gasteiger partial charge in [0.05, 0.1) is 95.3 Å². The molecule has 4 aliphatic rings. The van der Waals surface area contributed by atoms with Crippen molar-refractivity contribution < 1.29 is 62.8 Å². The van der Waals surface area contributed by atoms with Gasteiger partial charge in [0.25, 0.3) is 11.4 Å². The number of nitrogen functional groups attached to an aromatic ring is 1. The van der Waals surface area contributed by atoms with Gasteiger partial charge in [-0.25, -0.2) is 15.0 Å². The molecule has 112 heavy (non-hydrogen) atoms. The van der Waals surface area contributed by atoms with E-state index in [9.17, 15) is 40.7 Å². The van der Waals surface area contributed by atoms with Crippen molar-refractivity contribution in [1.29, 1.82) is 0 Å². The van der Waals surface area contributed by atoms with Crippen LogP contribution >= 0.6 is 91.6 Å². The SMILES string of the molecule is CC(C)(C)[Si](C)(C)Nc1nc(Cl)c2c(CCl)cn([C@H]3C[C@@H](O[Si](C)(C)C(C)(C)C)[C@@H](CO[Si](C)(C)C(C)(C)C)O3)c2n1.CC(C)[C@@H](OCc1cn([C@H]2C[C@@H](O)[C@@H](CO)O2)c2c1C(Cl)N=C(N)N2)c1ccc(I)cc1[N+](=O)[O-].CC(C)[C@@H](OCc1cn([C@H]2C[C@@H](O)[C@@H](CO)O2)c2nc(N)nc(Cl)c12)c1ccc(I)cc1[N+](=O)[O-]. The molecule has 0 saturated carbocycles. The quantitative estimate of drug-likeness (QED) is 0.00501. The Balaban J connectivity index is 0.000000194. The van der Waals surface area contributed by atoms with Gasteiger partial charge in [0.2, 0.25) is 11.9 Å². The first kappa shape index (κ1) is 91.4. The second-order valence-corrected chi connectivity index (χ2v) is 52.6. The van der Waals surface area contributed by atoms with Gasteiger partial charge in [-0.05, 0) is 128 Å². The number of alkyl halides is 2. The average Bonchev–Trinajstić information content (AvgIpc) is 1.61. The maximum Gasteiger partial charge on any atom is 0.276 e. The van der Waals surface area contributed by atoms with Crippen LogP contribution in [0.2, 0.25) is 64.7 Å². The van der Waals surface area contributed by atoms with Crippen LogP contribution in [-0.2, 0) is 51.6 Å². The summed E-state index contributed by atoms with van der Waals surface area (Å²) in [5.74, 6) is 1.40. The van der Waals surface area contributed by atoms with Crippen molar-refractivity contribution in [1.82, 2.24) is 33.6 Å². The predicted molar refractivity (Wildman–Crippen MR) is 461 cm³/mol. The van der Waals surface area contributed by atoms with Crippen LogP contribution in [0, 0.1) is 39.2 Å². The Morgan fingerprint density at radius 1 is 0.661 bits per heavy atom. The molecule has 3 fully saturated rings. The van der Waals surface area contributed by atoms with Crippen molar-refractivity contribution in [3.63, 3.8) is 0 Å². The molecule has 3 saturated heterocycles. The molecule has 7 aromatic rings. The fourth-order valence-electron chi connectivity index (χ4n) is 13.0. The predicted octanol–water partition coefficient (Wildman–Crippen LogP) is 17.2. The molecule has 618 valence electrons. The number of fused-ring (bicyclic) bond motifs is 3. The summed E-state index contributed by atoms with van der Waals surface area (Å²) in [6.07, 6.45) is 0.778.